The van der Waals surface area contributed by atoms with Crippen molar-refractivity contribution in [3.63, 3.8) is 0 Å². The highest BCUT2D eigenvalue weighted by molar-refractivity contribution is 9.10. The molecule has 6 nitrogen and oxygen atoms in total. The summed E-state index contributed by atoms with van der Waals surface area (Å²) in [6.07, 6.45) is 1.84. The molecule has 2 aromatic carbocycles. The van der Waals surface area contributed by atoms with Crippen LogP contribution in [0.15, 0.2) is 46.9 Å². The van der Waals surface area contributed by atoms with Crippen molar-refractivity contribution >= 4 is 31.9 Å². The first kappa shape index (κ1) is 24.7. The van der Waals surface area contributed by atoms with Gasteiger partial charge in [-0.3, -0.25) is 4.79 Å². The number of rotatable bonds is 8. The summed E-state index contributed by atoms with van der Waals surface area (Å²) in [5.41, 5.74) is 2.84. The largest absolute Gasteiger partial charge is 0.496 e. The standard InChI is InChI=1S/C24H31BrN2O4S/c1-4-22(20-7-10-23(31-3)17(2)15-20)26-24(28)19-11-13-27(14-12-19)32(29,30)16-18-5-8-21(25)9-6-18/h5-10,15,19,22H,4,11-14,16H2,1-3H3,(H,26,28). The van der Waals surface area contributed by atoms with E-state index in [0.29, 0.717) is 25.9 Å². The molecule has 1 aliphatic rings. The second-order valence-electron chi connectivity index (χ2n) is 8.25. The highest BCUT2D eigenvalue weighted by Gasteiger charge is 2.32. The molecule has 8 heteroatoms. The summed E-state index contributed by atoms with van der Waals surface area (Å²) < 4.78 is 33.4. The zero-order valence-electron chi connectivity index (χ0n) is 18.8. The van der Waals surface area contributed by atoms with Crippen molar-refractivity contribution in [1.82, 2.24) is 9.62 Å². The van der Waals surface area contributed by atoms with Crippen LogP contribution in [0.5, 0.6) is 5.75 Å². The predicted octanol–water partition coefficient (Wildman–Crippen LogP) is 4.58. The summed E-state index contributed by atoms with van der Waals surface area (Å²) in [5, 5.41) is 3.16. The van der Waals surface area contributed by atoms with Crippen LogP contribution in [0.3, 0.4) is 0 Å². The molecule has 1 heterocycles. The molecule has 0 radical (unpaired) electrons. The summed E-state index contributed by atoms with van der Waals surface area (Å²) in [4.78, 5) is 12.9. The number of carbonyl (C=O) groups excluding carboxylic acids is 1. The summed E-state index contributed by atoms with van der Waals surface area (Å²) >= 11 is 3.37. The molecule has 3 rings (SSSR count). The van der Waals surface area contributed by atoms with E-state index in [2.05, 4.69) is 21.2 Å². The van der Waals surface area contributed by atoms with E-state index in [1.807, 2.05) is 56.3 Å². The number of piperidine rings is 1. The van der Waals surface area contributed by atoms with E-state index >= 15 is 0 Å². The van der Waals surface area contributed by atoms with E-state index in [-0.39, 0.29) is 23.6 Å². The Balaban J connectivity index is 1.57. The third kappa shape index (κ3) is 6.11. The smallest absolute Gasteiger partial charge is 0.223 e. The lowest BCUT2D eigenvalue weighted by atomic mass is 9.95. The summed E-state index contributed by atoms with van der Waals surface area (Å²) in [6.45, 7) is 4.77. The Bertz CT molecular complexity index is 1030. The quantitative estimate of drug-likeness (QED) is 0.550. The Morgan fingerprint density at radius 2 is 1.84 bits per heavy atom. The van der Waals surface area contributed by atoms with Crippen LogP contribution < -0.4 is 10.1 Å². The molecule has 0 aromatic heterocycles. The van der Waals surface area contributed by atoms with Gasteiger partial charge >= 0.3 is 0 Å². The topological polar surface area (TPSA) is 75.7 Å². The number of amides is 1. The van der Waals surface area contributed by atoms with Crippen LogP contribution in [-0.2, 0) is 20.6 Å². The van der Waals surface area contributed by atoms with Crippen molar-refractivity contribution in [3.8, 4) is 5.75 Å². The molecule has 1 fully saturated rings. The first-order chi connectivity index (χ1) is 15.2. The van der Waals surface area contributed by atoms with Crippen molar-refractivity contribution in [2.75, 3.05) is 20.2 Å². The second kappa shape index (κ2) is 10.8. The van der Waals surface area contributed by atoms with Gasteiger partial charge in [-0.25, -0.2) is 12.7 Å². The molecule has 0 aliphatic carbocycles. The fourth-order valence-corrected chi connectivity index (χ4v) is 5.94. The van der Waals surface area contributed by atoms with E-state index in [1.165, 1.54) is 4.31 Å². The van der Waals surface area contributed by atoms with Crippen LogP contribution in [0.25, 0.3) is 0 Å². The minimum absolute atomic E-state index is 0.00437. The molecule has 174 valence electrons. The van der Waals surface area contributed by atoms with Crippen LogP contribution in [0.1, 0.15) is 48.9 Å². The minimum Gasteiger partial charge on any atom is -0.496 e. The maximum Gasteiger partial charge on any atom is 0.223 e. The lowest BCUT2D eigenvalue weighted by Gasteiger charge is -2.31. The van der Waals surface area contributed by atoms with E-state index in [1.54, 1.807) is 7.11 Å². The monoisotopic (exact) mass is 522 g/mol. The fraction of sp³-hybridized carbons (Fsp3) is 0.458. The van der Waals surface area contributed by atoms with Crippen molar-refractivity contribution in [2.45, 2.75) is 44.9 Å². The first-order valence-corrected chi connectivity index (χ1v) is 13.3. The fourth-order valence-electron chi connectivity index (χ4n) is 4.11. The average Bonchev–Trinajstić information content (AvgIpc) is 2.78. The highest BCUT2D eigenvalue weighted by atomic mass is 79.9. The Kier molecular flexibility index (Phi) is 8.36. The molecule has 0 spiro atoms. The van der Waals surface area contributed by atoms with Crippen LogP contribution in [0, 0.1) is 12.8 Å². The van der Waals surface area contributed by atoms with Crippen LogP contribution in [0.4, 0.5) is 0 Å². The number of nitrogens with one attached hydrogen (secondary N) is 1. The third-order valence-corrected chi connectivity index (χ3v) is 8.41. The van der Waals surface area contributed by atoms with Gasteiger partial charge in [-0.1, -0.05) is 47.1 Å². The Morgan fingerprint density at radius 1 is 1.19 bits per heavy atom. The number of methoxy groups -OCH3 is 1. The number of hydrogen-bond acceptors (Lipinski definition) is 4. The number of sulfonamides is 1. The summed E-state index contributed by atoms with van der Waals surface area (Å²) in [7, 11) is -1.76. The molecular weight excluding hydrogens is 492 g/mol. The Labute approximate surface area is 199 Å². The van der Waals surface area contributed by atoms with Gasteiger partial charge < -0.3 is 10.1 Å². The number of ether oxygens (including phenoxy) is 1. The molecule has 2 aromatic rings. The third-order valence-electron chi connectivity index (χ3n) is 6.03. The van der Waals surface area contributed by atoms with Crippen molar-refractivity contribution in [3.05, 3.63) is 63.6 Å². The normalized spacial score (nSPS) is 16.5. The molecule has 1 N–H and O–H groups in total. The minimum atomic E-state index is -3.41. The van der Waals surface area contributed by atoms with E-state index in [4.69, 9.17) is 4.74 Å². The number of carbonyl (C=O) groups is 1. The summed E-state index contributed by atoms with van der Waals surface area (Å²) in [6, 6.07) is 13.2. The molecule has 1 saturated heterocycles. The van der Waals surface area contributed by atoms with Gasteiger partial charge in [0.1, 0.15) is 5.75 Å². The number of benzene rings is 2. The maximum absolute atomic E-state index is 12.9. The van der Waals surface area contributed by atoms with Gasteiger partial charge in [0.25, 0.3) is 0 Å². The van der Waals surface area contributed by atoms with Crippen molar-refractivity contribution in [1.29, 1.82) is 0 Å². The molecular formula is C24H31BrN2O4S. The van der Waals surface area contributed by atoms with Crippen molar-refractivity contribution < 1.29 is 17.9 Å². The maximum atomic E-state index is 12.9. The number of halogens is 1. The molecule has 1 amide bonds. The SMILES string of the molecule is CCC(NC(=O)C1CCN(S(=O)(=O)Cc2ccc(Br)cc2)CC1)c1ccc(OC)c(C)c1. The van der Waals surface area contributed by atoms with Gasteiger partial charge in [-0.05, 0) is 61.1 Å². The van der Waals surface area contributed by atoms with Gasteiger partial charge in [-0.2, -0.15) is 0 Å². The van der Waals surface area contributed by atoms with E-state index < -0.39 is 10.0 Å². The van der Waals surface area contributed by atoms with Gasteiger partial charge in [0.15, 0.2) is 0 Å². The molecule has 1 atom stereocenters. The molecule has 1 unspecified atom stereocenters. The zero-order valence-corrected chi connectivity index (χ0v) is 21.2. The van der Waals surface area contributed by atoms with Gasteiger partial charge in [0.2, 0.25) is 15.9 Å². The van der Waals surface area contributed by atoms with Crippen molar-refractivity contribution in [2.24, 2.45) is 5.92 Å². The van der Waals surface area contributed by atoms with Crippen LogP contribution in [0.2, 0.25) is 0 Å². The Hall–Kier alpha value is -1.90. The van der Waals surface area contributed by atoms with Crippen LogP contribution in [-0.4, -0.2) is 38.8 Å². The average molecular weight is 523 g/mol. The molecule has 0 bridgehead atoms. The molecule has 1 aliphatic heterocycles. The number of aryl methyl sites for hydroxylation is 1. The number of hydrogen-bond donors (Lipinski definition) is 1. The Morgan fingerprint density at radius 3 is 2.41 bits per heavy atom. The van der Waals surface area contributed by atoms with Crippen LogP contribution >= 0.6 is 15.9 Å². The zero-order chi connectivity index (χ0) is 23.3. The lowest BCUT2D eigenvalue weighted by Crippen LogP contribution is -2.44. The lowest BCUT2D eigenvalue weighted by molar-refractivity contribution is -0.126. The second-order valence-corrected chi connectivity index (χ2v) is 11.1. The number of nitrogens with zero attached hydrogens (tertiary/aromatic N) is 1. The summed E-state index contributed by atoms with van der Waals surface area (Å²) in [5.74, 6) is 0.621. The highest BCUT2D eigenvalue weighted by Crippen LogP contribution is 2.27. The van der Waals surface area contributed by atoms with Gasteiger partial charge in [-0.15, -0.1) is 0 Å². The predicted molar refractivity (Wildman–Crippen MR) is 130 cm³/mol. The molecule has 32 heavy (non-hydrogen) atoms. The molecule has 0 saturated carbocycles. The van der Waals surface area contributed by atoms with E-state index in [9.17, 15) is 13.2 Å². The first-order valence-electron chi connectivity index (χ1n) is 10.9. The van der Waals surface area contributed by atoms with Gasteiger partial charge in [0.05, 0.1) is 18.9 Å². The van der Waals surface area contributed by atoms with Gasteiger partial charge in [0, 0.05) is 23.5 Å². The van der Waals surface area contributed by atoms with E-state index in [0.717, 1.165) is 33.3 Å².